The van der Waals surface area contributed by atoms with Crippen molar-refractivity contribution in [2.45, 2.75) is 32.7 Å². The first-order valence-corrected chi connectivity index (χ1v) is 11.2. The molecular weight excluding hydrogens is 376 g/mol. The van der Waals surface area contributed by atoms with E-state index < -0.39 is 10.0 Å². The largest absolute Gasteiger partial charge is 0.494 e. The quantitative estimate of drug-likeness (QED) is 0.661. The third kappa shape index (κ3) is 6.88. The Morgan fingerprint density at radius 3 is 2.32 bits per heavy atom. The fourth-order valence-electron chi connectivity index (χ4n) is 2.83. The van der Waals surface area contributed by atoms with Crippen molar-refractivity contribution in [1.29, 1.82) is 0 Å². The molecule has 7 heteroatoms. The van der Waals surface area contributed by atoms with Crippen molar-refractivity contribution >= 4 is 21.6 Å². The van der Waals surface area contributed by atoms with E-state index in [-0.39, 0.29) is 18.5 Å². The van der Waals surface area contributed by atoms with Crippen LogP contribution in [-0.2, 0) is 21.2 Å². The third-order valence-electron chi connectivity index (χ3n) is 4.24. The van der Waals surface area contributed by atoms with Gasteiger partial charge in [0, 0.05) is 6.04 Å². The fraction of sp³-hybridized carbons (Fsp3) is 0.381. The van der Waals surface area contributed by atoms with Gasteiger partial charge in [0.25, 0.3) is 0 Å². The van der Waals surface area contributed by atoms with Gasteiger partial charge < -0.3 is 10.1 Å². The molecule has 1 amide bonds. The van der Waals surface area contributed by atoms with Gasteiger partial charge in [0.2, 0.25) is 15.9 Å². The molecule has 0 aliphatic carbocycles. The van der Waals surface area contributed by atoms with Gasteiger partial charge in [-0.15, -0.1) is 0 Å². The first-order valence-electron chi connectivity index (χ1n) is 9.33. The predicted molar refractivity (Wildman–Crippen MR) is 112 cm³/mol. The van der Waals surface area contributed by atoms with Crippen LogP contribution in [0.4, 0.5) is 5.69 Å². The van der Waals surface area contributed by atoms with Gasteiger partial charge in [0.1, 0.15) is 12.3 Å². The number of hydrogen-bond acceptors (Lipinski definition) is 4. The zero-order chi connectivity index (χ0) is 20.6. The molecule has 0 radical (unpaired) electrons. The van der Waals surface area contributed by atoms with E-state index in [1.54, 1.807) is 24.3 Å². The fourth-order valence-corrected chi connectivity index (χ4v) is 3.68. The molecule has 28 heavy (non-hydrogen) atoms. The predicted octanol–water partition coefficient (Wildman–Crippen LogP) is 2.99. The summed E-state index contributed by atoms with van der Waals surface area (Å²) in [4.78, 5) is 12.4. The molecule has 6 nitrogen and oxygen atoms in total. The van der Waals surface area contributed by atoms with E-state index in [9.17, 15) is 13.2 Å². The van der Waals surface area contributed by atoms with E-state index in [1.807, 2.05) is 44.2 Å². The van der Waals surface area contributed by atoms with Crippen LogP contribution in [0, 0.1) is 0 Å². The third-order valence-corrected chi connectivity index (χ3v) is 5.38. The highest BCUT2D eigenvalue weighted by molar-refractivity contribution is 7.92. The number of nitrogens with one attached hydrogen (secondary N) is 1. The molecule has 0 bridgehead atoms. The molecule has 0 heterocycles. The van der Waals surface area contributed by atoms with E-state index in [0.717, 1.165) is 23.4 Å². The number of carbonyl (C=O) groups is 1. The zero-order valence-electron chi connectivity index (χ0n) is 16.6. The van der Waals surface area contributed by atoms with Crippen LogP contribution in [0.25, 0.3) is 0 Å². The Hall–Kier alpha value is -2.54. The summed E-state index contributed by atoms with van der Waals surface area (Å²) in [6.45, 7) is 4.06. The summed E-state index contributed by atoms with van der Waals surface area (Å²) >= 11 is 0. The summed E-state index contributed by atoms with van der Waals surface area (Å²) in [5.74, 6) is 0.318. The monoisotopic (exact) mass is 404 g/mol. The molecule has 0 aliphatic heterocycles. The molecule has 0 saturated carbocycles. The van der Waals surface area contributed by atoms with Crippen molar-refractivity contribution in [3.63, 3.8) is 0 Å². The molecule has 1 N–H and O–H groups in total. The van der Waals surface area contributed by atoms with Crippen LogP contribution in [-0.4, -0.2) is 39.8 Å². The van der Waals surface area contributed by atoms with Crippen LogP contribution in [0.2, 0.25) is 0 Å². The lowest BCUT2D eigenvalue weighted by molar-refractivity contribution is -0.120. The first kappa shape index (κ1) is 21.8. The second-order valence-corrected chi connectivity index (χ2v) is 8.60. The topological polar surface area (TPSA) is 75.7 Å². The average molecular weight is 405 g/mol. The second-order valence-electron chi connectivity index (χ2n) is 6.69. The lowest BCUT2D eigenvalue weighted by Crippen LogP contribution is -2.43. The number of rotatable bonds is 10. The normalized spacial score (nSPS) is 12.2. The lowest BCUT2D eigenvalue weighted by atomic mass is 10.1. The standard InChI is InChI=1S/C21H28N2O4S/c1-4-27-20-14-12-19(13-15-20)23(28(3,25)26)16-21(24)22-17(2)10-11-18-8-6-5-7-9-18/h5-9,12-15,17H,4,10-11,16H2,1-3H3,(H,22,24). The van der Waals surface area contributed by atoms with Gasteiger partial charge in [-0.05, 0) is 56.5 Å². The minimum absolute atomic E-state index is 0.0607. The van der Waals surface area contributed by atoms with E-state index in [1.165, 1.54) is 5.56 Å². The molecule has 152 valence electrons. The van der Waals surface area contributed by atoms with Crippen molar-refractivity contribution in [2.75, 3.05) is 23.7 Å². The minimum atomic E-state index is -3.60. The average Bonchev–Trinajstić information content (AvgIpc) is 2.65. The van der Waals surface area contributed by atoms with Crippen molar-refractivity contribution in [2.24, 2.45) is 0 Å². The van der Waals surface area contributed by atoms with E-state index in [0.29, 0.717) is 18.0 Å². The summed E-state index contributed by atoms with van der Waals surface area (Å²) in [6, 6.07) is 16.6. The highest BCUT2D eigenvalue weighted by Crippen LogP contribution is 2.21. The molecule has 0 fully saturated rings. The number of aryl methyl sites for hydroxylation is 1. The van der Waals surface area contributed by atoms with Crippen LogP contribution in [0.1, 0.15) is 25.8 Å². The van der Waals surface area contributed by atoms with E-state index >= 15 is 0 Å². The molecule has 0 saturated heterocycles. The van der Waals surface area contributed by atoms with Gasteiger partial charge >= 0.3 is 0 Å². The summed E-state index contributed by atoms with van der Waals surface area (Å²) < 4.78 is 30.9. The van der Waals surface area contributed by atoms with Crippen molar-refractivity contribution in [1.82, 2.24) is 5.32 Å². The number of amides is 1. The minimum Gasteiger partial charge on any atom is -0.494 e. The summed E-state index contributed by atoms with van der Waals surface area (Å²) in [7, 11) is -3.60. The van der Waals surface area contributed by atoms with Crippen molar-refractivity contribution < 1.29 is 17.9 Å². The number of carbonyl (C=O) groups excluding carboxylic acids is 1. The summed E-state index contributed by atoms with van der Waals surface area (Å²) in [6.07, 6.45) is 2.71. The summed E-state index contributed by atoms with van der Waals surface area (Å²) in [5.41, 5.74) is 1.63. The Kier molecular flexibility index (Phi) is 7.87. The Bertz CT molecular complexity index is 852. The molecule has 0 aliphatic rings. The van der Waals surface area contributed by atoms with Gasteiger partial charge in [-0.3, -0.25) is 9.10 Å². The number of nitrogens with zero attached hydrogens (tertiary/aromatic N) is 1. The first-order chi connectivity index (χ1) is 13.3. The molecule has 1 unspecified atom stereocenters. The maximum absolute atomic E-state index is 12.4. The van der Waals surface area contributed by atoms with Crippen molar-refractivity contribution in [3.8, 4) is 5.75 Å². The molecule has 1 atom stereocenters. The Labute approximate surface area is 167 Å². The molecule has 0 spiro atoms. The van der Waals surface area contributed by atoms with Crippen LogP contribution >= 0.6 is 0 Å². The van der Waals surface area contributed by atoms with Gasteiger partial charge in [0.05, 0.1) is 18.6 Å². The Morgan fingerprint density at radius 2 is 1.75 bits per heavy atom. The van der Waals surface area contributed by atoms with Gasteiger partial charge in [0.15, 0.2) is 0 Å². The van der Waals surface area contributed by atoms with Crippen molar-refractivity contribution in [3.05, 3.63) is 60.2 Å². The highest BCUT2D eigenvalue weighted by atomic mass is 32.2. The molecule has 2 aromatic rings. The SMILES string of the molecule is CCOc1ccc(N(CC(=O)NC(C)CCc2ccccc2)S(C)(=O)=O)cc1. The number of anilines is 1. The number of ether oxygens (including phenoxy) is 1. The van der Waals surface area contributed by atoms with Gasteiger partial charge in [-0.1, -0.05) is 30.3 Å². The van der Waals surface area contributed by atoms with Crippen LogP contribution < -0.4 is 14.4 Å². The van der Waals surface area contributed by atoms with Crippen LogP contribution in [0.15, 0.2) is 54.6 Å². The Balaban J connectivity index is 1.96. The zero-order valence-corrected chi connectivity index (χ0v) is 17.4. The maximum atomic E-state index is 12.4. The number of sulfonamides is 1. The van der Waals surface area contributed by atoms with Crippen LogP contribution in [0.5, 0.6) is 5.75 Å². The highest BCUT2D eigenvalue weighted by Gasteiger charge is 2.21. The number of benzene rings is 2. The second kappa shape index (κ2) is 10.1. The van der Waals surface area contributed by atoms with Crippen LogP contribution in [0.3, 0.4) is 0 Å². The lowest BCUT2D eigenvalue weighted by Gasteiger charge is -2.23. The molecule has 0 aromatic heterocycles. The van der Waals surface area contributed by atoms with Gasteiger partial charge in [-0.25, -0.2) is 8.42 Å². The van der Waals surface area contributed by atoms with Gasteiger partial charge in [-0.2, -0.15) is 0 Å². The van der Waals surface area contributed by atoms with E-state index in [2.05, 4.69) is 5.32 Å². The number of hydrogen-bond donors (Lipinski definition) is 1. The summed E-state index contributed by atoms with van der Waals surface area (Å²) in [5, 5.41) is 2.88. The molecule has 2 aromatic carbocycles. The smallest absolute Gasteiger partial charge is 0.240 e. The molecular formula is C21H28N2O4S. The maximum Gasteiger partial charge on any atom is 0.240 e. The Morgan fingerprint density at radius 1 is 1.11 bits per heavy atom. The molecule has 2 rings (SSSR count). The van der Waals surface area contributed by atoms with E-state index in [4.69, 9.17) is 4.74 Å².